The molecule has 5 rings (SSSR count). The number of carbonyl (C=O) groups excluding carboxylic acids is 2. The molecule has 47 heavy (non-hydrogen) atoms. The van der Waals surface area contributed by atoms with Crippen molar-refractivity contribution < 1.29 is 47.9 Å². The Morgan fingerprint density at radius 1 is 0.723 bits per heavy atom. The van der Waals surface area contributed by atoms with Gasteiger partial charge in [0.1, 0.15) is 11.8 Å². The van der Waals surface area contributed by atoms with E-state index in [1.165, 1.54) is 7.11 Å². The molecule has 2 heterocycles. The van der Waals surface area contributed by atoms with Gasteiger partial charge in [0.05, 0.1) is 7.11 Å². The van der Waals surface area contributed by atoms with Gasteiger partial charge in [0.25, 0.3) is 0 Å². The first-order valence-corrected chi connectivity index (χ1v) is 15.3. The Kier molecular flexibility index (Phi) is 10.6. The highest BCUT2D eigenvalue weighted by atomic mass is 16.7. The second-order valence-electron chi connectivity index (χ2n) is 11.5. The number of rotatable bonds is 13. The summed E-state index contributed by atoms with van der Waals surface area (Å²) >= 11 is 0. The molecule has 3 atom stereocenters. The van der Waals surface area contributed by atoms with E-state index in [9.17, 15) is 14.4 Å². The Morgan fingerprint density at radius 3 is 1.68 bits per heavy atom. The summed E-state index contributed by atoms with van der Waals surface area (Å²) in [6, 6.07) is 16.2. The molecule has 3 aromatic rings. The monoisotopic (exact) mass is 649 g/mol. The molecule has 2 unspecified atom stereocenters. The zero-order chi connectivity index (χ0) is 33.5. The Morgan fingerprint density at radius 2 is 1.19 bits per heavy atom. The molecule has 0 saturated heterocycles. The lowest BCUT2D eigenvalue weighted by atomic mass is 10.0. The molecule has 0 radical (unpaired) electrons. The Balaban J connectivity index is 1.31. The highest BCUT2D eigenvalue weighted by Crippen LogP contribution is 2.34. The van der Waals surface area contributed by atoms with Gasteiger partial charge in [-0.2, -0.15) is 0 Å². The number of carbonyl (C=O) groups is 3. The molecular formula is C34H39N3O10. The zero-order valence-corrected chi connectivity index (χ0v) is 26.5. The van der Waals surface area contributed by atoms with Crippen molar-refractivity contribution in [2.24, 2.45) is 5.73 Å². The Labute approximate surface area is 272 Å². The van der Waals surface area contributed by atoms with Crippen LogP contribution in [0.4, 0.5) is 9.59 Å². The lowest BCUT2D eigenvalue weighted by Gasteiger charge is -2.33. The fourth-order valence-corrected chi connectivity index (χ4v) is 5.55. The van der Waals surface area contributed by atoms with Crippen molar-refractivity contribution in [2.75, 3.05) is 33.8 Å². The van der Waals surface area contributed by atoms with Crippen LogP contribution in [0.25, 0.3) is 0 Å². The fourth-order valence-electron chi connectivity index (χ4n) is 5.55. The van der Waals surface area contributed by atoms with E-state index < -0.39 is 24.2 Å². The number of aliphatic carboxylic acids is 1. The summed E-state index contributed by atoms with van der Waals surface area (Å²) in [6.07, 6.45) is -0.00816. The van der Waals surface area contributed by atoms with Crippen LogP contribution in [0, 0.1) is 0 Å². The van der Waals surface area contributed by atoms with Gasteiger partial charge in [-0.15, -0.1) is 0 Å². The zero-order valence-electron chi connectivity index (χ0n) is 26.5. The average Bonchev–Trinajstić information content (AvgIpc) is 3.72. The smallest absolute Gasteiger partial charge is 0.415 e. The number of carboxylic acids is 1. The number of methoxy groups -OCH3 is 1. The highest BCUT2D eigenvalue weighted by Gasteiger charge is 2.28. The van der Waals surface area contributed by atoms with Gasteiger partial charge >= 0.3 is 18.2 Å². The van der Waals surface area contributed by atoms with Crippen molar-refractivity contribution in [1.82, 2.24) is 9.80 Å². The van der Waals surface area contributed by atoms with E-state index in [1.807, 2.05) is 50.2 Å². The van der Waals surface area contributed by atoms with Crippen molar-refractivity contribution >= 4 is 18.2 Å². The van der Waals surface area contributed by atoms with Gasteiger partial charge < -0.3 is 49.1 Å². The summed E-state index contributed by atoms with van der Waals surface area (Å²) in [5.41, 5.74) is 8.23. The van der Waals surface area contributed by atoms with Gasteiger partial charge in [0, 0.05) is 25.2 Å². The summed E-state index contributed by atoms with van der Waals surface area (Å²) in [4.78, 5) is 41.0. The normalized spacial score (nSPS) is 14.6. The largest absolute Gasteiger partial charge is 0.480 e. The molecule has 0 fully saturated rings. The second-order valence-corrected chi connectivity index (χ2v) is 11.5. The van der Waals surface area contributed by atoms with E-state index in [1.54, 1.807) is 34.1 Å². The van der Waals surface area contributed by atoms with Crippen LogP contribution in [0.3, 0.4) is 0 Å². The molecule has 13 heteroatoms. The van der Waals surface area contributed by atoms with Crippen LogP contribution in [0.1, 0.15) is 30.5 Å². The van der Waals surface area contributed by atoms with Crippen LogP contribution >= 0.6 is 0 Å². The Bertz CT molecular complexity index is 1580. The summed E-state index contributed by atoms with van der Waals surface area (Å²) in [6.45, 7) is 4.46. The number of nitrogens with two attached hydrogens (primary N) is 1. The molecule has 2 aliphatic heterocycles. The number of hydrogen-bond acceptors (Lipinski definition) is 10. The molecule has 2 aliphatic rings. The molecule has 3 N–H and O–H groups in total. The van der Waals surface area contributed by atoms with Crippen molar-refractivity contribution in [3.8, 4) is 28.7 Å². The molecule has 0 saturated carbocycles. The summed E-state index contributed by atoms with van der Waals surface area (Å²) in [7, 11) is 1.32. The molecule has 2 amide bonds. The van der Waals surface area contributed by atoms with E-state index in [0.717, 1.165) is 11.1 Å². The van der Waals surface area contributed by atoms with E-state index in [2.05, 4.69) is 0 Å². The molecule has 13 nitrogen and oxygen atoms in total. The maximum atomic E-state index is 13.7. The number of amides is 2. The van der Waals surface area contributed by atoms with Crippen LogP contribution < -0.4 is 29.4 Å². The summed E-state index contributed by atoms with van der Waals surface area (Å²) in [5, 5.41) is 9.11. The molecule has 3 aromatic carbocycles. The van der Waals surface area contributed by atoms with Gasteiger partial charge in [-0.25, -0.2) is 9.59 Å². The molecule has 0 spiro atoms. The SMILES string of the molecule is COC(=O)N(CCN(C(=O)Oc1ccc(C[C@H](N)C(=O)O)cc1)C(C)Cc1ccc2c(c1)OCO2)C(C)Cc1ccc2c(c1)OCO2. The van der Waals surface area contributed by atoms with Crippen molar-refractivity contribution in [2.45, 2.75) is 51.2 Å². The third-order valence-corrected chi connectivity index (χ3v) is 8.13. The van der Waals surface area contributed by atoms with E-state index in [4.69, 9.17) is 39.3 Å². The predicted octanol–water partition coefficient (Wildman–Crippen LogP) is 4.23. The number of nitrogens with zero attached hydrogens (tertiary/aromatic N) is 2. The second kappa shape index (κ2) is 14.9. The number of carboxylic acid groups (broad SMARTS) is 1. The van der Waals surface area contributed by atoms with Gasteiger partial charge in [-0.05, 0) is 86.2 Å². The van der Waals surface area contributed by atoms with Gasteiger partial charge in [0.2, 0.25) is 13.6 Å². The first-order valence-electron chi connectivity index (χ1n) is 15.3. The predicted molar refractivity (Wildman–Crippen MR) is 169 cm³/mol. The van der Waals surface area contributed by atoms with Gasteiger partial charge in [-0.1, -0.05) is 24.3 Å². The van der Waals surface area contributed by atoms with E-state index in [0.29, 0.717) is 41.4 Å². The van der Waals surface area contributed by atoms with Crippen LogP contribution in [0.15, 0.2) is 60.7 Å². The van der Waals surface area contributed by atoms with E-state index in [-0.39, 0.29) is 50.9 Å². The first kappa shape index (κ1) is 33.2. The molecule has 0 aromatic heterocycles. The van der Waals surface area contributed by atoms with Crippen LogP contribution in [-0.4, -0.2) is 85.0 Å². The number of ether oxygens (including phenoxy) is 6. The topological polar surface area (TPSA) is 159 Å². The van der Waals surface area contributed by atoms with Crippen LogP contribution in [0.5, 0.6) is 28.7 Å². The average molecular weight is 650 g/mol. The van der Waals surface area contributed by atoms with Crippen molar-refractivity contribution in [3.63, 3.8) is 0 Å². The summed E-state index contributed by atoms with van der Waals surface area (Å²) in [5.74, 6) is 1.82. The third-order valence-electron chi connectivity index (χ3n) is 8.13. The third kappa shape index (κ3) is 8.36. The van der Waals surface area contributed by atoms with Crippen molar-refractivity contribution in [1.29, 1.82) is 0 Å². The Hall–Kier alpha value is -5.17. The molecule has 0 aliphatic carbocycles. The van der Waals surface area contributed by atoms with Crippen LogP contribution in [0.2, 0.25) is 0 Å². The van der Waals surface area contributed by atoms with Crippen molar-refractivity contribution in [3.05, 3.63) is 77.4 Å². The molecular weight excluding hydrogens is 610 g/mol. The quantitative estimate of drug-likeness (QED) is 0.273. The molecule has 0 bridgehead atoms. The van der Waals surface area contributed by atoms with E-state index >= 15 is 0 Å². The maximum absolute atomic E-state index is 13.7. The van der Waals surface area contributed by atoms with Crippen LogP contribution in [-0.2, 0) is 28.8 Å². The minimum atomic E-state index is -1.10. The lowest BCUT2D eigenvalue weighted by Crippen LogP contribution is -2.49. The number of hydrogen-bond donors (Lipinski definition) is 2. The van der Waals surface area contributed by atoms with Gasteiger partial charge in [0.15, 0.2) is 23.0 Å². The molecule has 250 valence electrons. The highest BCUT2D eigenvalue weighted by molar-refractivity contribution is 5.74. The number of benzene rings is 3. The van der Waals surface area contributed by atoms with Gasteiger partial charge in [-0.3, -0.25) is 4.79 Å². The maximum Gasteiger partial charge on any atom is 0.415 e. The summed E-state index contributed by atoms with van der Waals surface area (Å²) < 4.78 is 32.8. The lowest BCUT2D eigenvalue weighted by molar-refractivity contribution is -0.138. The minimum Gasteiger partial charge on any atom is -0.480 e. The minimum absolute atomic E-state index is 0.135. The first-order chi connectivity index (χ1) is 22.6. The fraction of sp³-hybridized carbons (Fsp3) is 0.382. The number of fused-ring (bicyclic) bond motifs is 2. The standard InChI is InChI=1S/C34H39N3O10/c1-21(14-24-6-10-28-30(17-24)45-19-43-28)36(33(40)42-3)12-13-37(22(2)15-25-7-11-29-31(18-25)46-20-44-29)34(41)47-26-8-4-23(5-9-26)16-27(35)32(38)39/h4-11,17-18,21-22,27H,12-16,19-20,35H2,1-3H3,(H,38,39)/t21?,22?,27-/m0/s1.